The molecule has 76 heavy (non-hydrogen) atoms. The summed E-state index contributed by atoms with van der Waals surface area (Å²) in [7, 11) is 3.49. The third kappa shape index (κ3) is 11.4. The maximum absolute atomic E-state index is 14.2. The molecule has 4 amide bonds. The summed E-state index contributed by atoms with van der Waals surface area (Å²) in [5.74, 6) is -0.267. The van der Waals surface area contributed by atoms with Crippen molar-refractivity contribution in [2.45, 2.75) is 70.4 Å². The molecule has 19 nitrogen and oxygen atoms in total. The lowest BCUT2D eigenvalue weighted by molar-refractivity contribution is -0.195. The van der Waals surface area contributed by atoms with Crippen molar-refractivity contribution in [2.75, 3.05) is 48.5 Å². The number of anilines is 3. The van der Waals surface area contributed by atoms with Gasteiger partial charge in [0.25, 0.3) is 11.8 Å². The third-order valence-electron chi connectivity index (χ3n) is 13.4. The molecule has 3 aliphatic rings. The van der Waals surface area contributed by atoms with Gasteiger partial charge in [-0.05, 0) is 92.1 Å². The van der Waals surface area contributed by atoms with E-state index in [1.807, 2.05) is 43.5 Å². The van der Waals surface area contributed by atoms with Gasteiger partial charge in [-0.3, -0.25) is 29.1 Å². The Labute approximate surface area is 439 Å². The van der Waals surface area contributed by atoms with Crippen molar-refractivity contribution in [1.82, 2.24) is 23.6 Å². The van der Waals surface area contributed by atoms with Crippen LogP contribution in [0.25, 0.3) is 22.0 Å². The van der Waals surface area contributed by atoms with Gasteiger partial charge in [-0.2, -0.15) is 0 Å². The van der Waals surface area contributed by atoms with E-state index in [1.165, 1.54) is 17.1 Å². The number of carbonyl (C=O) groups is 6. The molecule has 0 radical (unpaired) electrons. The van der Waals surface area contributed by atoms with Gasteiger partial charge in [0, 0.05) is 81.4 Å². The van der Waals surface area contributed by atoms with Crippen LogP contribution >= 0.6 is 0 Å². The molecule has 19 heteroatoms. The highest BCUT2D eigenvalue weighted by Crippen LogP contribution is 2.41. The molecule has 6 aromatic rings. The standard InChI is InChI=1S/C57H60N8O11/c1-7-22-74-56(70)58-41-18-19-43-39(29-41)20-21-63(43)54(69)45-30-40(33-61(45)5)38-16-14-37(15-17-38)28-47(66)52-60-49(34-62(52)6)59-50(67)12-11-25-72-48-31-44-42(27-36(48)4)53(68)64-32-35(3)26-46(64)55(65(44)57(71)75-23-8-2)76-51-13-9-10-24-73-51/h7-8,14-21,27,29-31,33-34,46,51,55H,1-3,9-13,22-26,28,32H2,4-6H3,(H,58,70)(H,59,67). The lowest BCUT2D eigenvalue weighted by Gasteiger charge is -2.38. The Morgan fingerprint density at radius 1 is 0.895 bits per heavy atom. The second kappa shape index (κ2) is 22.9. The largest absolute Gasteiger partial charge is 0.493 e. The smallest absolute Gasteiger partial charge is 0.416 e. The summed E-state index contributed by atoms with van der Waals surface area (Å²) in [5.41, 5.74) is 6.13. The van der Waals surface area contributed by atoms with Crippen LogP contribution in [-0.2, 0) is 44.3 Å². The molecule has 3 aromatic heterocycles. The van der Waals surface area contributed by atoms with Crippen LogP contribution in [0.2, 0.25) is 0 Å². The summed E-state index contributed by atoms with van der Waals surface area (Å²) in [6, 6.07) is 19.1. The molecule has 3 atom stereocenters. The van der Waals surface area contributed by atoms with Crippen LogP contribution in [0.15, 0.2) is 123 Å². The number of Topliss-reactive ketones (excluding diaryl/α,β-unsaturated/α-hetero) is 1. The lowest BCUT2D eigenvalue weighted by atomic mass is 10.0. The van der Waals surface area contributed by atoms with Gasteiger partial charge in [-0.25, -0.2) is 19.5 Å². The Bertz CT molecular complexity index is 3250. The minimum Gasteiger partial charge on any atom is -0.493 e. The number of nitrogens with zero attached hydrogens (tertiary/aromatic N) is 6. The Balaban J connectivity index is 0.796. The normalized spacial score (nSPS) is 17.1. The number of hydrogen-bond acceptors (Lipinski definition) is 12. The van der Waals surface area contributed by atoms with Crippen molar-refractivity contribution in [3.05, 3.63) is 151 Å². The van der Waals surface area contributed by atoms with Crippen LogP contribution in [0.5, 0.6) is 5.75 Å². The molecule has 3 aromatic carbocycles. The average molecular weight is 1030 g/mol. The van der Waals surface area contributed by atoms with Gasteiger partial charge in [-0.15, -0.1) is 0 Å². The number of ketones is 1. The number of amides is 4. The highest BCUT2D eigenvalue weighted by atomic mass is 16.7. The van der Waals surface area contributed by atoms with Gasteiger partial charge in [0.2, 0.25) is 11.7 Å². The predicted molar refractivity (Wildman–Crippen MR) is 285 cm³/mol. The maximum atomic E-state index is 14.2. The topological polar surface area (TPSA) is 207 Å². The molecular formula is C57H60N8O11. The van der Waals surface area contributed by atoms with E-state index in [-0.39, 0.29) is 79.1 Å². The second-order valence-electron chi connectivity index (χ2n) is 19.0. The highest BCUT2D eigenvalue weighted by Gasteiger charge is 2.48. The van der Waals surface area contributed by atoms with E-state index in [9.17, 15) is 28.8 Å². The summed E-state index contributed by atoms with van der Waals surface area (Å²) in [6.45, 7) is 14.2. The minimum absolute atomic E-state index is 0.0585. The zero-order valence-electron chi connectivity index (χ0n) is 42.8. The molecule has 394 valence electrons. The quantitative estimate of drug-likeness (QED) is 0.0470. The van der Waals surface area contributed by atoms with Crippen LogP contribution in [0.1, 0.15) is 81.1 Å². The van der Waals surface area contributed by atoms with E-state index in [0.29, 0.717) is 60.6 Å². The monoisotopic (exact) mass is 1030 g/mol. The van der Waals surface area contributed by atoms with E-state index in [4.69, 9.17) is 23.7 Å². The number of imidazole rings is 1. The van der Waals surface area contributed by atoms with Crippen LogP contribution in [0.3, 0.4) is 0 Å². The predicted octanol–water partition coefficient (Wildman–Crippen LogP) is 9.12. The molecule has 0 aliphatic carbocycles. The molecule has 3 aliphatic heterocycles. The Hall–Kier alpha value is -8.55. The van der Waals surface area contributed by atoms with Crippen molar-refractivity contribution in [1.29, 1.82) is 0 Å². The van der Waals surface area contributed by atoms with Crippen molar-refractivity contribution in [3.63, 3.8) is 0 Å². The van der Waals surface area contributed by atoms with Crippen LogP contribution in [0.4, 0.5) is 26.8 Å². The second-order valence-corrected chi connectivity index (χ2v) is 19.0. The summed E-state index contributed by atoms with van der Waals surface area (Å²) in [4.78, 5) is 88.2. The number of hydrogen-bond donors (Lipinski definition) is 2. The Morgan fingerprint density at radius 2 is 1.68 bits per heavy atom. The molecule has 0 bridgehead atoms. The van der Waals surface area contributed by atoms with Crippen LogP contribution in [-0.4, -0.2) is 111 Å². The molecule has 2 saturated heterocycles. The fourth-order valence-corrected chi connectivity index (χ4v) is 9.73. The first-order valence-electron chi connectivity index (χ1n) is 25.1. The van der Waals surface area contributed by atoms with E-state index < -0.39 is 30.7 Å². The number of carbonyl (C=O) groups excluding carboxylic acids is 6. The fraction of sp³-hybridized carbons (Fsp3) is 0.316. The first kappa shape index (κ1) is 52.3. The van der Waals surface area contributed by atoms with Gasteiger partial charge < -0.3 is 43.0 Å². The van der Waals surface area contributed by atoms with E-state index >= 15 is 0 Å². The number of aromatic nitrogens is 4. The number of rotatable bonds is 18. The van der Waals surface area contributed by atoms with Gasteiger partial charge in [0.05, 0.1) is 29.4 Å². The molecular weight excluding hydrogens is 973 g/mol. The lowest BCUT2D eigenvalue weighted by Crippen LogP contribution is -2.54. The fourth-order valence-electron chi connectivity index (χ4n) is 9.73. The summed E-state index contributed by atoms with van der Waals surface area (Å²) < 4.78 is 34.2. The van der Waals surface area contributed by atoms with E-state index in [2.05, 4.69) is 35.4 Å². The first-order valence-corrected chi connectivity index (χ1v) is 25.1. The number of fused-ring (bicyclic) bond motifs is 3. The average Bonchev–Trinajstić information content (AvgIpc) is 4.20. The summed E-state index contributed by atoms with van der Waals surface area (Å²) in [6.07, 6.45) is 8.54. The SMILES string of the molecule is C=CCOC(=O)Nc1ccc2c(ccn2C(=O)c2cc(-c3ccc(CC(=O)c4nc(NC(=O)CCCOc5cc6c(cc5C)C(=O)N5CC(=C)CC5C(OC5CCCCO5)N6C(=O)OCC=C)cn4C)cc3)cn2C)c1. The van der Waals surface area contributed by atoms with Gasteiger partial charge in [0.15, 0.2) is 24.2 Å². The van der Waals surface area contributed by atoms with E-state index in [1.54, 1.807) is 81.5 Å². The number of benzene rings is 3. The molecule has 2 fully saturated rings. The van der Waals surface area contributed by atoms with Crippen molar-refractivity contribution in [2.24, 2.45) is 14.1 Å². The third-order valence-corrected chi connectivity index (χ3v) is 13.4. The number of nitrogens with one attached hydrogen (secondary N) is 2. The van der Waals surface area contributed by atoms with Crippen molar-refractivity contribution in [3.8, 4) is 16.9 Å². The number of ether oxygens (including phenoxy) is 5. The minimum atomic E-state index is -0.946. The van der Waals surface area contributed by atoms with Gasteiger partial charge in [0.1, 0.15) is 24.7 Å². The molecule has 9 rings (SSSR count). The zero-order chi connectivity index (χ0) is 53.6. The summed E-state index contributed by atoms with van der Waals surface area (Å²) in [5, 5.41) is 6.21. The highest BCUT2D eigenvalue weighted by molar-refractivity contribution is 6.06. The Kier molecular flexibility index (Phi) is 15.8. The molecule has 6 heterocycles. The van der Waals surface area contributed by atoms with Crippen molar-refractivity contribution < 1.29 is 52.5 Å². The molecule has 0 spiro atoms. The van der Waals surface area contributed by atoms with E-state index in [0.717, 1.165) is 40.5 Å². The molecule has 2 N–H and O–H groups in total. The Morgan fingerprint density at radius 3 is 2.45 bits per heavy atom. The maximum Gasteiger partial charge on any atom is 0.416 e. The van der Waals surface area contributed by atoms with Gasteiger partial charge >= 0.3 is 12.2 Å². The van der Waals surface area contributed by atoms with Crippen LogP contribution < -0.4 is 20.3 Å². The number of aryl methyl sites for hydroxylation is 3. The zero-order valence-corrected chi connectivity index (χ0v) is 42.8. The first-order chi connectivity index (χ1) is 36.7. The van der Waals surface area contributed by atoms with Gasteiger partial charge in [-0.1, -0.05) is 61.7 Å². The van der Waals surface area contributed by atoms with Crippen molar-refractivity contribution >= 4 is 63.8 Å². The molecule has 0 saturated carbocycles. The summed E-state index contributed by atoms with van der Waals surface area (Å²) >= 11 is 0. The van der Waals surface area contributed by atoms with Crippen LogP contribution in [0, 0.1) is 6.92 Å². The molecule has 3 unspecified atom stereocenters.